The van der Waals surface area contributed by atoms with Crippen molar-refractivity contribution in [2.75, 3.05) is 20.2 Å². The van der Waals surface area contributed by atoms with Gasteiger partial charge in [0.05, 0.1) is 7.11 Å². The van der Waals surface area contributed by atoms with E-state index >= 15 is 0 Å². The summed E-state index contributed by atoms with van der Waals surface area (Å²) < 4.78 is 5.24. The zero-order valence-corrected chi connectivity index (χ0v) is 14.7. The molecule has 130 valence electrons. The quantitative estimate of drug-likeness (QED) is 0.770. The van der Waals surface area contributed by atoms with Gasteiger partial charge < -0.3 is 9.64 Å². The lowest BCUT2D eigenvalue weighted by molar-refractivity contribution is -0.126. The number of methoxy groups -OCH3 is 1. The first-order valence-corrected chi connectivity index (χ1v) is 8.92. The average Bonchev–Trinajstić information content (AvgIpc) is 2.93. The van der Waals surface area contributed by atoms with Crippen molar-refractivity contribution in [3.63, 3.8) is 0 Å². The topological polar surface area (TPSA) is 29.5 Å². The van der Waals surface area contributed by atoms with Crippen LogP contribution in [-0.2, 0) is 4.79 Å². The molecule has 3 heteroatoms. The molecule has 2 aromatic rings. The molecule has 1 atom stereocenters. The number of hydrogen-bond donors (Lipinski definition) is 0. The summed E-state index contributed by atoms with van der Waals surface area (Å²) in [5.41, 5.74) is 2.34. The summed E-state index contributed by atoms with van der Waals surface area (Å²) in [6.45, 7) is 1.62. The Balaban J connectivity index is 1.68. The van der Waals surface area contributed by atoms with Crippen molar-refractivity contribution in [2.45, 2.75) is 25.2 Å². The number of benzene rings is 2. The molecule has 1 unspecified atom stereocenters. The number of hydrogen-bond acceptors (Lipinski definition) is 2. The van der Waals surface area contributed by atoms with Crippen molar-refractivity contribution in [3.8, 4) is 5.75 Å². The molecule has 25 heavy (non-hydrogen) atoms. The van der Waals surface area contributed by atoms with Crippen LogP contribution < -0.4 is 4.74 Å². The van der Waals surface area contributed by atoms with Crippen LogP contribution in [0.4, 0.5) is 0 Å². The Bertz CT molecular complexity index is 707. The van der Waals surface area contributed by atoms with E-state index in [-0.39, 0.29) is 5.91 Å². The zero-order chi connectivity index (χ0) is 17.5. The molecule has 3 nitrogen and oxygen atoms in total. The monoisotopic (exact) mass is 335 g/mol. The fraction of sp³-hybridized carbons (Fsp3) is 0.318. The normalized spacial score (nSPS) is 18.1. The Hall–Kier alpha value is -2.55. The number of rotatable bonds is 4. The second kappa shape index (κ2) is 8.52. The van der Waals surface area contributed by atoms with Crippen LogP contribution in [-0.4, -0.2) is 31.0 Å². The number of carbonyl (C=O) groups is 1. The molecule has 0 bridgehead atoms. The smallest absolute Gasteiger partial charge is 0.246 e. The van der Waals surface area contributed by atoms with Crippen LogP contribution in [0.15, 0.2) is 60.7 Å². The van der Waals surface area contributed by atoms with Crippen molar-refractivity contribution in [1.29, 1.82) is 0 Å². The third-order valence-corrected chi connectivity index (χ3v) is 4.79. The van der Waals surface area contributed by atoms with E-state index < -0.39 is 0 Å². The molecule has 0 N–H and O–H groups in total. The maximum absolute atomic E-state index is 12.6. The zero-order valence-electron chi connectivity index (χ0n) is 14.7. The molecular weight excluding hydrogens is 310 g/mol. The first-order valence-electron chi connectivity index (χ1n) is 8.92. The molecule has 2 aromatic carbocycles. The molecule has 1 amide bonds. The molecule has 0 aliphatic carbocycles. The van der Waals surface area contributed by atoms with Gasteiger partial charge in [0.2, 0.25) is 5.91 Å². The van der Waals surface area contributed by atoms with Crippen LogP contribution in [0.2, 0.25) is 0 Å². The first-order chi connectivity index (χ1) is 12.3. The van der Waals surface area contributed by atoms with Crippen LogP contribution in [0, 0.1) is 0 Å². The van der Waals surface area contributed by atoms with Crippen molar-refractivity contribution in [3.05, 3.63) is 71.8 Å². The number of amides is 1. The van der Waals surface area contributed by atoms with Gasteiger partial charge in [-0.25, -0.2) is 0 Å². The van der Waals surface area contributed by atoms with Gasteiger partial charge in [-0.15, -0.1) is 0 Å². The standard InChI is InChI=1S/C22H25NO2/c1-25-21-13-11-19(12-14-21)20-9-5-6-16-23(17-20)22(24)15-10-18-7-3-2-4-8-18/h2-4,7-8,10-15,20H,5-6,9,16-17H2,1H3. The third kappa shape index (κ3) is 4.72. The molecule has 3 rings (SSSR count). The molecule has 1 fully saturated rings. The third-order valence-electron chi connectivity index (χ3n) is 4.79. The summed E-state index contributed by atoms with van der Waals surface area (Å²) in [4.78, 5) is 14.6. The fourth-order valence-corrected chi connectivity index (χ4v) is 3.33. The highest BCUT2D eigenvalue weighted by Crippen LogP contribution is 2.28. The summed E-state index contributed by atoms with van der Waals surface area (Å²) in [5, 5.41) is 0. The maximum Gasteiger partial charge on any atom is 0.246 e. The Kier molecular flexibility index (Phi) is 5.89. The Labute approximate surface area is 149 Å². The predicted molar refractivity (Wildman–Crippen MR) is 102 cm³/mol. The molecule has 0 radical (unpaired) electrons. The van der Waals surface area contributed by atoms with E-state index in [1.807, 2.05) is 53.4 Å². The van der Waals surface area contributed by atoms with E-state index in [0.717, 1.165) is 43.7 Å². The average molecular weight is 335 g/mol. The first kappa shape index (κ1) is 17.3. The number of likely N-dealkylation sites (tertiary alicyclic amines) is 1. The van der Waals surface area contributed by atoms with Crippen molar-refractivity contribution >= 4 is 12.0 Å². The molecule has 0 saturated carbocycles. The lowest BCUT2D eigenvalue weighted by Gasteiger charge is -2.24. The summed E-state index contributed by atoms with van der Waals surface area (Å²) >= 11 is 0. The molecule has 0 aromatic heterocycles. The van der Waals surface area contributed by atoms with E-state index in [0.29, 0.717) is 5.92 Å². The van der Waals surface area contributed by atoms with E-state index in [2.05, 4.69) is 12.1 Å². The lowest BCUT2D eigenvalue weighted by atomic mass is 9.94. The SMILES string of the molecule is COc1ccc(C2CCCCN(C(=O)C=Cc3ccccc3)C2)cc1. The van der Waals surface area contributed by atoms with Crippen LogP contribution in [0.1, 0.15) is 36.3 Å². The molecule has 0 spiro atoms. The lowest BCUT2D eigenvalue weighted by Crippen LogP contribution is -2.32. The van der Waals surface area contributed by atoms with Crippen molar-refractivity contribution in [2.24, 2.45) is 0 Å². The Morgan fingerprint density at radius 2 is 1.84 bits per heavy atom. The Morgan fingerprint density at radius 3 is 2.56 bits per heavy atom. The molecule has 1 heterocycles. The molecule has 1 aliphatic rings. The van der Waals surface area contributed by atoms with Crippen LogP contribution >= 0.6 is 0 Å². The molecule has 1 saturated heterocycles. The minimum atomic E-state index is 0.101. The van der Waals surface area contributed by atoms with E-state index in [4.69, 9.17) is 4.74 Å². The fourth-order valence-electron chi connectivity index (χ4n) is 3.33. The highest BCUT2D eigenvalue weighted by atomic mass is 16.5. The van der Waals surface area contributed by atoms with Gasteiger partial charge in [-0.1, -0.05) is 48.9 Å². The van der Waals surface area contributed by atoms with Crippen LogP contribution in [0.25, 0.3) is 6.08 Å². The van der Waals surface area contributed by atoms with Crippen LogP contribution in [0.5, 0.6) is 5.75 Å². The summed E-state index contributed by atoms with van der Waals surface area (Å²) in [7, 11) is 1.68. The van der Waals surface area contributed by atoms with Crippen molar-refractivity contribution < 1.29 is 9.53 Å². The Morgan fingerprint density at radius 1 is 1.08 bits per heavy atom. The number of carbonyl (C=O) groups excluding carboxylic acids is 1. The van der Waals surface area contributed by atoms with E-state index in [9.17, 15) is 4.79 Å². The predicted octanol–water partition coefficient (Wildman–Crippen LogP) is 4.50. The summed E-state index contributed by atoms with van der Waals surface area (Å²) in [6, 6.07) is 18.2. The van der Waals surface area contributed by atoms with Gasteiger partial charge in [-0.05, 0) is 42.2 Å². The highest BCUT2D eigenvalue weighted by Gasteiger charge is 2.22. The summed E-state index contributed by atoms with van der Waals surface area (Å²) in [5.74, 6) is 1.36. The van der Waals surface area contributed by atoms with E-state index in [1.54, 1.807) is 13.2 Å². The largest absolute Gasteiger partial charge is 0.497 e. The molecular formula is C22H25NO2. The van der Waals surface area contributed by atoms with Gasteiger partial charge >= 0.3 is 0 Å². The van der Waals surface area contributed by atoms with Crippen LogP contribution in [0.3, 0.4) is 0 Å². The van der Waals surface area contributed by atoms with Gasteiger partial charge in [-0.3, -0.25) is 4.79 Å². The minimum absolute atomic E-state index is 0.101. The van der Waals surface area contributed by atoms with E-state index in [1.165, 1.54) is 5.56 Å². The van der Waals surface area contributed by atoms with Crippen molar-refractivity contribution in [1.82, 2.24) is 4.90 Å². The maximum atomic E-state index is 12.6. The van der Waals surface area contributed by atoms with Gasteiger partial charge in [0.25, 0.3) is 0 Å². The summed E-state index contributed by atoms with van der Waals surface area (Å²) in [6.07, 6.45) is 6.94. The second-order valence-electron chi connectivity index (χ2n) is 6.49. The highest BCUT2D eigenvalue weighted by molar-refractivity contribution is 5.91. The number of ether oxygens (including phenoxy) is 1. The van der Waals surface area contributed by atoms with Gasteiger partial charge in [0.15, 0.2) is 0 Å². The van der Waals surface area contributed by atoms with Gasteiger partial charge in [0, 0.05) is 25.1 Å². The van der Waals surface area contributed by atoms with Gasteiger partial charge in [0.1, 0.15) is 5.75 Å². The number of nitrogens with zero attached hydrogens (tertiary/aromatic N) is 1. The second-order valence-corrected chi connectivity index (χ2v) is 6.49. The molecule has 1 aliphatic heterocycles. The minimum Gasteiger partial charge on any atom is -0.497 e. The van der Waals surface area contributed by atoms with Gasteiger partial charge in [-0.2, -0.15) is 0 Å².